The first-order valence-corrected chi connectivity index (χ1v) is 5.87. The molecule has 0 saturated heterocycles. The van der Waals surface area contributed by atoms with Crippen LogP contribution in [0.4, 0.5) is 13.2 Å². The Balaban J connectivity index is 2.44. The molecule has 108 valence electrons. The van der Waals surface area contributed by atoms with Gasteiger partial charge in [-0.2, -0.15) is 13.2 Å². The third-order valence-corrected chi connectivity index (χ3v) is 2.32. The standard InChI is InChI=1S/C11H17F3N4O/c1-10(2,3)9-16-7(17-18-9)8(19)15-6-4-5-11(12,13)14/h4-6H2,1-3H3,(H,15,19)(H,16,17,18). The van der Waals surface area contributed by atoms with Gasteiger partial charge in [0, 0.05) is 18.4 Å². The minimum Gasteiger partial charge on any atom is -0.349 e. The lowest BCUT2D eigenvalue weighted by atomic mass is 9.96. The molecule has 19 heavy (non-hydrogen) atoms. The third-order valence-electron chi connectivity index (χ3n) is 2.32. The van der Waals surface area contributed by atoms with Gasteiger partial charge < -0.3 is 5.32 Å². The van der Waals surface area contributed by atoms with Gasteiger partial charge in [-0.1, -0.05) is 20.8 Å². The van der Waals surface area contributed by atoms with E-state index in [9.17, 15) is 18.0 Å². The first kappa shape index (κ1) is 15.5. The Labute approximate surface area is 109 Å². The number of aromatic amines is 1. The molecule has 0 fully saturated rings. The maximum absolute atomic E-state index is 11.9. The average Bonchev–Trinajstić information content (AvgIpc) is 2.71. The SMILES string of the molecule is CC(C)(C)c1nc(C(=O)NCCCC(F)(F)F)n[nH]1. The molecule has 0 aliphatic rings. The second kappa shape index (κ2) is 5.58. The number of nitrogens with one attached hydrogen (secondary N) is 2. The van der Waals surface area contributed by atoms with Gasteiger partial charge in [0.2, 0.25) is 5.82 Å². The summed E-state index contributed by atoms with van der Waals surface area (Å²) in [4.78, 5) is 15.6. The van der Waals surface area contributed by atoms with Crippen LogP contribution in [0.1, 0.15) is 50.1 Å². The van der Waals surface area contributed by atoms with Crippen molar-refractivity contribution in [3.63, 3.8) is 0 Å². The maximum Gasteiger partial charge on any atom is 0.389 e. The van der Waals surface area contributed by atoms with Crippen molar-refractivity contribution in [3.05, 3.63) is 11.6 Å². The summed E-state index contributed by atoms with van der Waals surface area (Å²) in [5.74, 6) is -0.0844. The number of carbonyl (C=O) groups is 1. The van der Waals surface area contributed by atoms with Gasteiger partial charge in [-0.05, 0) is 6.42 Å². The number of nitrogens with zero attached hydrogens (tertiary/aromatic N) is 2. The molecule has 1 amide bonds. The Morgan fingerprint density at radius 1 is 1.32 bits per heavy atom. The summed E-state index contributed by atoms with van der Waals surface area (Å²) in [5.41, 5.74) is -0.276. The molecule has 1 aromatic heterocycles. The smallest absolute Gasteiger partial charge is 0.349 e. The zero-order chi connectivity index (χ0) is 14.7. The van der Waals surface area contributed by atoms with E-state index < -0.39 is 18.5 Å². The molecule has 0 unspecified atom stereocenters. The molecule has 5 nitrogen and oxygen atoms in total. The van der Waals surface area contributed by atoms with Crippen LogP contribution in [0, 0.1) is 0 Å². The first-order chi connectivity index (χ1) is 8.59. The number of hydrogen-bond acceptors (Lipinski definition) is 3. The van der Waals surface area contributed by atoms with Crippen LogP contribution in [0.25, 0.3) is 0 Å². The van der Waals surface area contributed by atoms with Crippen molar-refractivity contribution in [3.8, 4) is 0 Å². The first-order valence-electron chi connectivity index (χ1n) is 5.87. The largest absolute Gasteiger partial charge is 0.389 e. The van der Waals surface area contributed by atoms with E-state index in [1.165, 1.54) is 0 Å². The van der Waals surface area contributed by atoms with Crippen molar-refractivity contribution in [2.75, 3.05) is 6.54 Å². The van der Waals surface area contributed by atoms with Crippen LogP contribution in [0.2, 0.25) is 0 Å². The molecule has 0 aliphatic heterocycles. The van der Waals surface area contributed by atoms with Gasteiger partial charge in [0.1, 0.15) is 5.82 Å². The maximum atomic E-state index is 11.9. The lowest BCUT2D eigenvalue weighted by Gasteiger charge is -2.12. The highest BCUT2D eigenvalue weighted by molar-refractivity contribution is 5.90. The molecule has 8 heteroatoms. The number of halogens is 3. The highest BCUT2D eigenvalue weighted by atomic mass is 19.4. The number of H-pyrrole nitrogens is 1. The molecular weight excluding hydrogens is 261 g/mol. The Bertz CT molecular complexity index is 434. The molecule has 0 aromatic carbocycles. The lowest BCUT2D eigenvalue weighted by Crippen LogP contribution is -2.26. The molecule has 0 aliphatic carbocycles. The van der Waals surface area contributed by atoms with E-state index in [1.807, 2.05) is 20.8 Å². The summed E-state index contributed by atoms with van der Waals surface area (Å²) in [6, 6.07) is 0. The summed E-state index contributed by atoms with van der Waals surface area (Å²) in [5, 5.41) is 8.73. The molecule has 0 radical (unpaired) electrons. The Kier molecular flexibility index (Phi) is 4.54. The van der Waals surface area contributed by atoms with E-state index >= 15 is 0 Å². The van der Waals surface area contributed by atoms with Crippen molar-refractivity contribution in [1.29, 1.82) is 0 Å². The van der Waals surface area contributed by atoms with Crippen molar-refractivity contribution in [2.45, 2.75) is 45.2 Å². The zero-order valence-electron chi connectivity index (χ0n) is 11.1. The Morgan fingerprint density at radius 2 is 1.95 bits per heavy atom. The summed E-state index contributed by atoms with van der Waals surface area (Å²) in [7, 11) is 0. The van der Waals surface area contributed by atoms with E-state index in [1.54, 1.807) is 0 Å². The molecule has 1 aromatic rings. The van der Waals surface area contributed by atoms with Gasteiger partial charge in [-0.3, -0.25) is 9.89 Å². The van der Waals surface area contributed by atoms with Crippen LogP contribution in [-0.4, -0.2) is 33.8 Å². The van der Waals surface area contributed by atoms with E-state index in [0.717, 1.165) is 0 Å². The zero-order valence-corrected chi connectivity index (χ0v) is 11.1. The van der Waals surface area contributed by atoms with E-state index in [4.69, 9.17) is 0 Å². The predicted molar refractivity (Wildman–Crippen MR) is 62.7 cm³/mol. The van der Waals surface area contributed by atoms with Crippen LogP contribution < -0.4 is 5.32 Å². The second-order valence-electron chi connectivity index (χ2n) is 5.23. The number of carbonyl (C=O) groups excluding carboxylic acids is 1. The number of amides is 1. The second-order valence-corrected chi connectivity index (χ2v) is 5.23. The summed E-state index contributed by atoms with van der Waals surface area (Å²) < 4.78 is 35.7. The van der Waals surface area contributed by atoms with Crippen LogP contribution in [0.5, 0.6) is 0 Å². The fraction of sp³-hybridized carbons (Fsp3) is 0.727. The Morgan fingerprint density at radius 3 is 2.42 bits per heavy atom. The molecule has 0 saturated carbocycles. The minimum atomic E-state index is -4.20. The lowest BCUT2D eigenvalue weighted by molar-refractivity contribution is -0.135. The topological polar surface area (TPSA) is 70.7 Å². The predicted octanol–water partition coefficient (Wildman–Crippen LogP) is 2.17. The number of rotatable bonds is 4. The van der Waals surface area contributed by atoms with Gasteiger partial charge in [-0.25, -0.2) is 4.98 Å². The summed E-state index contributed by atoms with van der Waals surface area (Å²) in [6.07, 6.45) is -5.28. The van der Waals surface area contributed by atoms with E-state index in [2.05, 4.69) is 20.5 Å². The van der Waals surface area contributed by atoms with Gasteiger partial charge in [0.15, 0.2) is 0 Å². The number of hydrogen-bond donors (Lipinski definition) is 2. The van der Waals surface area contributed by atoms with Crippen molar-refractivity contribution in [2.24, 2.45) is 0 Å². The third kappa shape index (κ3) is 5.27. The number of alkyl halides is 3. The highest BCUT2D eigenvalue weighted by Crippen LogP contribution is 2.20. The molecule has 0 bridgehead atoms. The normalized spacial score (nSPS) is 12.5. The molecule has 2 N–H and O–H groups in total. The highest BCUT2D eigenvalue weighted by Gasteiger charge is 2.26. The quantitative estimate of drug-likeness (QED) is 0.829. The number of aromatic nitrogens is 3. The van der Waals surface area contributed by atoms with Crippen molar-refractivity contribution in [1.82, 2.24) is 20.5 Å². The Hall–Kier alpha value is -1.60. The van der Waals surface area contributed by atoms with Crippen LogP contribution in [-0.2, 0) is 5.41 Å². The van der Waals surface area contributed by atoms with Gasteiger partial charge >= 0.3 is 6.18 Å². The van der Waals surface area contributed by atoms with Crippen molar-refractivity contribution < 1.29 is 18.0 Å². The van der Waals surface area contributed by atoms with Crippen molar-refractivity contribution >= 4 is 5.91 Å². The fourth-order valence-electron chi connectivity index (χ4n) is 1.27. The van der Waals surface area contributed by atoms with Crippen LogP contribution >= 0.6 is 0 Å². The van der Waals surface area contributed by atoms with E-state index in [0.29, 0.717) is 5.82 Å². The van der Waals surface area contributed by atoms with Gasteiger partial charge in [0.05, 0.1) is 0 Å². The summed E-state index contributed by atoms with van der Waals surface area (Å²) >= 11 is 0. The monoisotopic (exact) mass is 278 g/mol. The molecule has 1 heterocycles. The molecular formula is C11H17F3N4O. The molecule has 0 atom stereocenters. The molecule has 1 rings (SSSR count). The average molecular weight is 278 g/mol. The van der Waals surface area contributed by atoms with Gasteiger partial charge in [-0.15, -0.1) is 5.10 Å². The summed E-state index contributed by atoms with van der Waals surface area (Å²) in [6.45, 7) is 5.65. The molecule has 0 spiro atoms. The fourth-order valence-corrected chi connectivity index (χ4v) is 1.27. The van der Waals surface area contributed by atoms with Crippen LogP contribution in [0.15, 0.2) is 0 Å². The van der Waals surface area contributed by atoms with E-state index in [-0.39, 0.29) is 24.2 Å². The minimum absolute atomic E-state index is 0.0578. The van der Waals surface area contributed by atoms with Gasteiger partial charge in [0.25, 0.3) is 5.91 Å². The van der Waals surface area contributed by atoms with Crippen LogP contribution in [0.3, 0.4) is 0 Å².